The van der Waals surface area contributed by atoms with E-state index in [1.54, 1.807) is 24.3 Å². The second kappa shape index (κ2) is 4.76. The summed E-state index contributed by atoms with van der Waals surface area (Å²) < 4.78 is 4.38. The lowest BCUT2D eigenvalue weighted by molar-refractivity contribution is 0.0781. The molecule has 1 amide bonds. The van der Waals surface area contributed by atoms with Gasteiger partial charge in [0.05, 0.1) is 22.9 Å². The molecule has 0 aromatic carbocycles. The third kappa shape index (κ3) is 2.40. The van der Waals surface area contributed by atoms with Gasteiger partial charge in [-0.2, -0.15) is 5.10 Å². The van der Waals surface area contributed by atoms with Crippen molar-refractivity contribution in [2.24, 2.45) is 7.05 Å². The fourth-order valence-electron chi connectivity index (χ4n) is 2.26. The highest BCUT2D eigenvalue weighted by Crippen LogP contribution is 2.23. The molecule has 19 heavy (non-hydrogen) atoms. The van der Waals surface area contributed by atoms with Gasteiger partial charge >= 0.3 is 0 Å². The number of aryl methyl sites for hydroxylation is 1. The van der Waals surface area contributed by atoms with Crippen molar-refractivity contribution in [3.63, 3.8) is 0 Å². The first kappa shape index (κ1) is 12.3. The van der Waals surface area contributed by atoms with E-state index in [1.807, 2.05) is 10.9 Å². The molecule has 1 fully saturated rings. The van der Waals surface area contributed by atoms with E-state index in [2.05, 4.69) is 31.3 Å². The Morgan fingerprint density at radius 3 is 2.95 bits per heavy atom. The Hall–Kier alpha value is -1.70. The average Bonchev–Trinajstić information content (AvgIpc) is 3.07. The summed E-state index contributed by atoms with van der Waals surface area (Å²) in [5.74, 6) is -0.0678. The van der Waals surface area contributed by atoms with Gasteiger partial charge in [-0.05, 0) is 22.4 Å². The van der Waals surface area contributed by atoms with Gasteiger partial charge < -0.3 is 4.90 Å². The third-order valence-electron chi connectivity index (χ3n) is 3.22. The van der Waals surface area contributed by atoms with Gasteiger partial charge in [0, 0.05) is 26.3 Å². The molecule has 3 heterocycles. The number of hydrogen-bond donors (Lipinski definition) is 0. The molecule has 7 nitrogen and oxygen atoms in total. The van der Waals surface area contributed by atoms with Crippen LogP contribution >= 0.6 is 15.9 Å². The van der Waals surface area contributed by atoms with Gasteiger partial charge in [-0.1, -0.05) is 5.21 Å². The Labute approximate surface area is 118 Å². The van der Waals surface area contributed by atoms with E-state index >= 15 is 0 Å². The van der Waals surface area contributed by atoms with E-state index in [0.717, 1.165) is 17.4 Å². The van der Waals surface area contributed by atoms with Gasteiger partial charge in [-0.15, -0.1) is 5.10 Å². The molecule has 1 aliphatic rings. The third-order valence-corrected chi connectivity index (χ3v) is 3.63. The Morgan fingerprint density at radius 2 is 2.32 bits per heavy atom. The Balaban J connectivity index is 1.70. The minimum absolute atomic E-state index is 0.0678. The Kier molecular flexibility index (Phi) is 3.09. The molecule has 2 aromatic rings. The van der Waals surface area contributed by atoms with Gasteiger partial charge in [0.2, 0.25) is 0 Å². The molecule has 1 atom stereocenters. The predicted octanol–water partition coefficient (Wildman–Crippen LogP) is 0.861. The second-order valence-corrected chi connectivity index (χ2v) is 5.53. The number of carbonyl (C=O) groups excluding carboxylic acids is 1. The van der Waals surface area contributed by atoms with Crippen LogP contribution in [0.5, 0.6) is 0 Å². The van der Waals surface area contributed by atoms with Gasteiger partial charge in [0.1, 0.15) is 0 Å². The van der Waals surface area contributed by atoms with Crippen LogP contribution in [0.1, 0.15) is 23.0 Å². The van der Waals surface area contributed by atoms with Crippen molar-refractivity contribution >= 4 is 21.8 Å². The predicted molar refractivity (Wildman–Crippen MR) is 70.5 cm³/mol. The monoisotopic (exact) mass is 324 g/mol. The Bertz CT molecular complexity index is 606. The highest BCUT2D eigenvalue weighted by atomic mass is 79.9. The van der Waals surface area contributed by atoms with Gasteiger partial charge in [-0.25, -0.2) is 0 Å². The molecule has 2 aromatic heterocycles. The molecule has 8 heteroatoms. The summed E-state index contributed by atoms with van der Waals surface area (Å²) in [4.78, 5) is 14.0. The first-order valence-corrected chi connectivity index (χ1v) is 6.78. The quantitative estimate of drug-likeness (QED) is 0.821. The lowest BCUT2D eigenvalue weighted by atomic mass is 10.3. The standard InChI is InChI=1S/C11H13BrN6O/c1-16-7-10(14-15-16)11(19)17-3-2-9(6-17)18-5-8(12)4-13-18/h4-5,7,9H,2-3,6H2,1H3. The lowest BCUT2D eigenvalue weighted by Crippen LogP contribution is -2.29. The molecule has 0 aliphatic carbocycles. The van der Waals surface area contributed by atoms with Crippen molar-refractivity contribution in [3.05, 3.63) is 28.8 Å². The topological polar surface area (TPSA) is 68.8 Å². The van der Waals surface area contributed by atoms with E-state index in [1.165, 1.54) is 4.68 Å². The van der Waals surface area contributed by atoms with Gasteiger partial charge in [0.15, 0.2) is 5.69 Å². The van der Waals surface area contributed by atoms with Crippen molar-refractivity contribution in [1.82, 2.24) is 29.7 Å². The zero-order valence-corrected chi connectivity index (χ0v) is 12.0. The number of rotatable bonds is 2. The maximum atomic E-state index is 12.2. The van der Waals surface area contributed by atoms with E-state index in [0.29, 0.717) is 12.2 Å². The van der Waals surface area contributed by atoms with Crippen LogP contribution < -0.4 is 0 Å². The van der Waals surface area contributed by atoms with Crippen LogP contribution in [-0.2, 0) is 7.05 Å². The molecule has 0 bridgehead atoms. The van der Waals surface area contributed by atoms with Crippen LogP contribution in [0, 0.1) is 0 Å². The molecule has 1 aliphatic heterocycles. The normalized spacial score (nSPS) is 19.1. The summed E-state index contributed by atoms with van der Waals surface area (Å²) in [6.45, 7) is 1.38. The summed E-state index contributed by atoms with van der Waals surface area (Å²) in [5.41, 5.74) is 0.393. The average molecular weight is 325 g/mol. The van der Waals surface area contributed by atoms with Crippen LogP contribution in [0.15, 0.2) is 23.1 Å². The maximum absolute atomic E-state index is 12.2. The molecule has 0 radical (unpaired) electrons. The van der Waals surface area contributed by atoms with Crippen molar-refractivity contribution in [2.75, 3.05) is 13.1 Å². The first-order chi connectivity index (χ1) is 9.13. The van der Waals surface area contributed by atoms with Gasteiger partial charge in [0.25, 0.3) is 5.91 Å². The van der Waals surface area contributed by atoms with Crippen molar-refractivity contribution in [1.29, 1.82) is 0 Å². The van der Waals surface area contributed by atoms with E-state index in [-0.39, 0.29) is 11.9 Å². The maximum Gasteiger partial charge on any atom is 0.276 e. The first-order valence-electron chi connectivity index (χ1n) is 5.99. The second-order valence-electron chi connectivity index (χ2n) is 4.61. The molecule has 0 saturated carbocycles. The summed E-state index contributed by atoms with van der Waals surface area (Å²) in [6.07, 6.45) is 6.23. The van der Waals surface area contributed by atoms with Gasteiger partial charge in [-0.3, -0.25) is 14.2 Å². The fourth-order valence-corrected chi connectivity index (χ4v) is 2.57. The van der Waals surface area contributed by atoms with Crippen LogP contribution in [0.2, 0.25) is 0 Å². The number of hydrogen-bond acceptors (Lipinski definition) is 4. The zero-order chi connectivity index (χ0) is 13.4. The molecule has 0 N–H and O–H groups in total. The number of carbonyl (C=O) groups is 1. The SMILES string of the molecule is Cn1cc(C(=O)N2CCC(n3cc(Br)cn3)C2)nn1. The molecule has 1 unspecified atom stereocenters. The molecule has 0 spiro atoms. The van der Waals surface area contributed by atoms with E-state index < -0.39 is 0 Å². The molecule has 100 valence electrons. The van der Waals surface area contributed by atoms with Crippen LogP contribution in [0.3, 0.4) is 0 Å². The molecule has 3 rings (SSSR count). The summed E-state index contributed by atoms with van der Waals surface area (Å²) in [5, 5.41) is 11.9. The zero-order valence-electron chi connectivity index (χ0n) is 10.4. The number of aromatic nitrogens is 5. The lowest BCUT2D eigenvalue weighted by Gasteiger charge is -2.14. The fraction of sp³-hybridized carbons (Fsp3) is 0.455. The number of halogens is 1. The van der Waals surface area contributed by atoms with Crippen LogP contribution in [-0.4, -0.2) is 48.7 Å². The van der Waals surface area contributed by atoms with Crippen molar-refractivity contribution in [3.8, 4) is 0 Å². The summed E-state index contributed by atoms with van der Waals surface area (Å²) in [6, 6.07) is 0.229. The van der Waals surface area contributed by atoms with E-state index in [9.17, 15) is 4.79 Å². The summed E-state index contributed by atoms with van der Waals surface area (Å²) in [7, 11) is 1.75. The minimum Gasteiger partial charge on any atom is -0.335 e. The largest absolute Gasteiger partial charge is 0.335 e. The molecular formula is C11H13BrN6O. The van der Waals surface area contributed by atoms with Crippen molar-refractivity contribution < 1.29 is 4.79 Å². The van der Waals surface area contributed by atoms with Crippen LogP contribution in [0.25, 0.3) is 0 Å². The number of nitrogens with zero attached hydrogens (tertiary/aromatic N) is 6. The minimum atomic E-state index is -0.0678. The highest BCUT2D eigenvalue weighted by Gasteiger charge is 2.29. The molecule has 1 saturated heterocycles. The smallest absolute Gasteiger partial charge is 0.276 e. The number of likely N-dealkylation sites (tertiary alicyclic amines) is 1. The highest BCUT2D eigenvalue weighted by molar-refractivity contribution is 9.10. The molecular weight excluding hydrogens is 312 g/mol. The summed E-state index contributed by atoms with van der Waals surface area (Å²) >= 11 is 3.38. The van der Waals surface area contributed by atoms with Crippen LogP contribution in [0.4, 0.5) is 0 Å². The van der Waals surface area contributed by atoms with Crippen molar-refractivity contribution in [2.45, 2.75) is 12.5 Å². The number of amides is 1. The Morgan fingerprint density at radius 1 is 1.47 bits per heavy atom. The van der Waals surface area contributed by atoms with E-state index in [4.69, 9.17) is 0 Å².